The lowest BCUT2D eigenvalue weighted by Crippen LogP contribution is -2.50. The van der Waals surface area contributed by atoms with Crippen LogP contribution >= 0.6 is 0 Å². The van der Waals surface area contributed by atoms with Crippen LogP contribution in [0.2, 0.25) is 0 Å². The summed E-state index contributed by atoms with van der Waals surface area (Å²) in [6.07, 6.45) is 1.86. The minimum absolute atomic E-state index is 0.341. The van der Waals surface area contributed by atoms with Gasteiger partial charge in [0.25, 0.3) is 0 Å². The Balaban J connectivity index is 1.61. The lowest BCUT2D eigenvalue weighted by Gasteiger charge is -2.35. The lowest BCUT2D eigenvalue weighted by molar-refractivity contribution is -0.113. The average molecular weight is 476 g/mol. The van der Waals surface area contributed by atoms with Gasteiger partial charge in [0.15, 0.2) is 0 Å². The van der Waals surface area contributed by atoms with Gasteiger partial charge in [0.1, 0.15) is 17.3 Å². The van der Waals surface area contributed by atoms with Gasteiger partial charge in [-0.25, -0.2) is 8.42 Å². The quantitative estimate of drug-likeness (QED) is 0.531. The molecule has 8 nitrogen and oxygen atoms in total. The van der Waals surface area contributed by atoms with Gasteiger partial charge in [0, 0.05) is 37.9 Å². The molecule has 0 spiro atoms. The number of carbonyl (C=O) groups is 1. The molecule has 1 N–H and O–H groups in total. The van der Waals surface area contributed by atoms with Crippen LogP contribution in [0, 0.1) is 6.92 Å². The number of sulfonamides is 1. The van der Waals surface area contributed by atoms with Gasteiger partial charge < -0.3 is 19.7 Å². The highest BCUT2D eigenvalue weighted by molar-refractivity contribution is 7.89. The van der Waals surface area contributed by atoms with E-state index >= 15 is 0 Å². The lowest BCUT2D eigenvalue weighted by atomic mass is 10.2. The first-order valence-electron chi connectivity index (χ1n) is 11.2. The van der Waals surface area contributed by atoms with Crippen LogP contribution in [0.5, 0.6) is 11.5 Å². The van der Waals surface area contributed by atoms with Crippen molar-refractivity contribution in [1.82, 2.24) is 4.31 Å². The van der Waals surface area contributed by atoms with Gasteiger partial charge in [0.05, 0.1) is 19.4 Å². The highest BCUT2D eigenvalue weighted by Crippen LogP contribution is 2.29. The minimum atomic E-state index is -3.74. The number of nitrogens with one attached hydrogen (secondary N) is 1. The number of benzene rings is 2. The van der Waals surface area contributed by atoms with Crippen molar-refractivity contribution in [1.29, 1.82) is 0 Å². The summed E-state index contributed by atoms with van der Waals surface area (Å²) in [5.41, 5.74) is 2.64. The molecule has 180 valence electrons. The van der Waals surface area contributed by atoms with E-state index in [0.29, 0.717) is 50.0 Å². The Morgan fingerprint density at radius 2 is 1.85 bits per heavy atom. The maximum absolute atomic E-state index is 12.9. The van der Waals surface area contributed by atoms with Gasteiger partial charge in [-0.1, -0.05) is 25.5 Å². The number of carbonyl (C=O) groups excluding carboxylic acids is 1. The Morgan fingerprint density at radius 3 is 2.52 bits per heavy atom. The fraction of sp³-hybridized carbons (Fsp3) is 0.458. The summed E-state index contributed by atoms with van der Waals surface area (Å²) in [6.45, 7) is 6.44. The third-order valence-corrected chi connectivity index (χ3v) is 7.31. The molecule has 1 aliphatic rings. The molecule has 2 aromatic rings. The van der Waals surface area contributed by atoms with Gasteiger partial charge in [0.2, 0.25) is 15.9 Å². The first-order chi connectivity index (χ1) is 15.8. The number of nitrogens with zero attached hydrogens (tertiary/aromatic N) is 2. The smallest absolute Gasteiger partial charge is 0.241 e. The van der Waals surface area contributed by atoms with Crippen LogP contribution in [0.15, 0.2) is 42.5 Å². The van der Waals surface area contributed by atoms with Crippen LogP contribution in [0.3, 0.4) is 0 Å². The Morgan fingerprint density at radius 1 is 1.09 bits per heavy atom. The van der Waals surface area contributed by atoms with E-state index in [-0.39, 0.29) is 0 Å². The second kappa shape index (κ2) is 11.4. The predicted octanol–water partition coefficient (Wildman–Crippen LogP) is 3.27. The molecule has 1 fully saturated rings. The number of anilines is 2. The van der Waals surface area contributed by atoms with Crippen molar-refractivity contribution in [3.63, 3.8) is 0 Å². The van der Waals surface area contributed by atoms with Crippen LogP contribution in [-0.4, -0.2) is 64.3 Å². The van der Waals surface area contributed by atoms with Gasteiger partial charge in [-0.15, -0.1) is 0 Å². The van der Waals surface area contributed by atoms with Crippen molar-refractivity contribution in [2.45, 2.75) is 26.7 Å². The van der Waals surface area contributed by atoms with Gasteiger partial charge in [-0.2, -0.15) is 4.31 Å². The maximum Gasteiger partial charge on any atom is 0.241 e. The number of unbranched alkanes of at least 4 members (excludes halogenated alkanes) is 1. The molecule has 2 aromatic carbocycles. The van der Waals surface area contributed by atoms with Crippen molar-refractivity contribution in [2.24, 2.45) is 0 Å². The van der Waals surface area contributed by atoms with Gasteiger partial charge in [-0.05, 0) is 43.2 Å². The zero-order valence-electron chi connectivity index (χ0n) is 19.5. The highest BCUT2D eigenvalue weighted by atomic mass is 32.2. The molecule has 0 saturated carbocycles. The Bertz CT molecular complexity index is 1050. The molecule has 0 aliphatic carbocycles. The van der Waals surface area contributed by atoms with E-state index in [1.165, 1.54) is 11.4 Å². The second-order valence-corrected chi connectivity index (χ2v) is 10.1. The summed E-state index contributed by atoms with van der Waals surface area (Å²) >= 11 is 0. The first kappa shape index (κ1) is 24.9. The number of amides is 1. The number of hydrogen-bond donors (Lipinski definition) is 1. The van der Waals surface area contributed by atoms with E-state index in [0.717, 1.165) is 24.1 Å². The number of piperazine rings is 1. The monoisotopic (exact) mass is 475 g/mol. The van der Waals surface area contributed by atoms with Crippen molar-refractivity contribution in [2.75, 3.05) is 55.9 Å². The third kappa shape index (κ3) is 6.85. The fourth-order valence-electron chi connectivity index (χ4n) is 3.68. The number of methoxy groups -OCH3 is 1. The molecule has 0 atom stereocenters. The minimum Gasteiger partial charge on any atom is -0.497 e. The third-order valence-electron chi connectivity index (χ3n) is 5.53. The molecule has 1 heterocycles. The van der Waals surface area contributed by atoms with Gasteiger partial charge in [-0.3, -0.25) is 4.79 Å². The second-order valence-electron chi connectivity index (χ2n) is 8.09. The summed E-state index contributed by atoms with van der Waals surface area (Å²) in [5, 5.41) is 2.69. The van der Waals surface area contributed by atoms with E-state index in [1.54, 1.807) is 18.2 Å². The summed E-state index contributed by atoms with van der Waals surface area (Å²) < 4.78 is 38.2. The van der Waals surface area contributed by atoms with Crippen molar-refractivity contribution >= 4 is 27.3 Å². The SMILES string of the molecule is CCCCOc1ccc(OC)cc1NC(=O)CS(=O)(=O)N1CCN(c2cccc(C)c2)CC1. The van der Waals surface area contributed by atoms with Crippen LogP contribution in [-0.2, 0) is 14.8 Å². The topological polar surface area (TPSA) is 88.2 Å². The van der Waals surface area contributed by atoms with Crippen LogP contribution in [0.25, 0.3) is 0 Å². The van der Waals surface area contributed by atoms with E-state index in [2.05, 4.69) is 23.2 Å². The predicted molar refractivity (Wildman–Crippen MR) is 131 cm³/mol. The molecule has 0 aromatic heterocycles. The van der Waals surface area contributed by atoms with Gasteiger partial charge >= 0.3 is 0 Å². The molecule has 0 radical (unpaired) electrons. The first-order valence-corrected chi connectivity index (χ1v) is 12.8. The fourth-order valence-corrected chi connectivity index (χ4v) is 4.98. The molecule has 3 rings (SSSR count). The molecular formula is C24H33N3O5S. The zero-order chi connectivity index (χ0) is 23.8. The summed E-state index contributed by atoms with van der Waals surface area (Å²) in [5.74, 6) is -0.196. The number of hydrogen-bond acceptors (Lipinski definition) is 6. The van der Waals surface area contributed by atoms with Crippen molar-refractivity contribution < 1.29 is 22.7 Å². The molecular weight excluding hydrogens is 442 g/mol. The van der Waals surface area contributed by atoms with Crippen molar-refractivity contribution in [3.05, 3.63) is 48.0 Å². The van der Waals surface area contributed by atoms with E-state index in [9.17, 15) is 13.2 Å². The standard InChI is InChI=1S/C24H33N3O5S/c1-4-5-15-32-23-10-9-21(31-3)17-22(23)25-24(28)18-33(29,30)27-13-11-26(12-14-27)20-8-6-7-19(2)16-20/h6-10,16-17H,4-5,11-15,18H2,1-3H3,(H,25,28). The Labute approximate surface area is 196 Å². The molecule has 0 bridgehead atoms. The summed E-state index contributed by atoms with van der Waals surface area (Å²) in [4.78, 5) is 14.8. The number of rotatable bonds is 10. The molecule has 1 aliphatic heterocycles. The molecule has 33 heavy (non-hydrogen) atoms. The number of ether oxygens (including phenoxy) is 2. The van der Waals surface area contributed by atoms with E-state index < -0.39 is 21.7 Å². The maximum atomic E-state index is 12.9. The average Bonchev–Trinajstić information content (AvgIpc) is 2.80. The summed E-state index contributed by atoms with van der Waals surface area (Å²) in [7, 11) is -2.22. The zero-order valence-corrected chi connectivity index (χ0v) is 20.4. The van der Waals surface area contributed by atoms with Crippen LogP contribution < -0.4 is 19.7 Å². The van der Waals surface area contributed by atoms with E-state index in [4.69, 9.17) is 9.47 Å². The normalized spacial score (nSPS) is 14.7. The van der Waals surface area contributed by atoms with Crippen LogP contribution in [0.1, 0.15) is 25.3 Å². The Kier molecular flexibility index (Phi) is 8.57. The van der Waals surface area contributed by atoms with E-state index in [1.807, 2.05) is 25.1 Å². The molecule has 1 amide bonds. The van der Waals surface area contributed by atoms with Crippen molar-refractivity contribution in [3.8, 4) is 11.5 Å². The highest BCUT2D eigenvalue weighted by Gasteiger charge is 2.29. The molecule has 9 heteroatoms. The Hall–Kier alpha value is -2.78. The van der Waals surface area contributed by atoms with Crippen LogP contribution in [0.4, 0.5) is 11.4 Å². The summed E-state index contributed by atoms with van der Waals surface area (Å²) in [6, 6.07) is 13.2. The largest absolute Gasteiger partial charge is 0.497 e. The number of aryl methyl sites for hydroxylation is 1. The molecule has 1 saturated heterocycles. The molecule has 0 unspecified atom stereocenters.